The fourth-order valence-corrected chi connectivity index (χ4v) is 2.14. The van der Waals surface area contributed by atoms with E-state index in [9.17, 15) is 25.0 Å². The zero-order valence-electron chi connectivity index (χ0n) is 15.3. The second kappa shape index (κ2) is 8.58. The van der Waals surface area contributed by atoms with Gasteiger partial charge in [-0.2, -0.15) is 0 Å². The van der Waals surface area contributed by atoms with Gasteiger partial charge in [0.1, 0.15) is 5.69 Å². The Kier molecular flexibility index (Phi) is 6.22. The average Bonchev–Trinajstić information content (AvgIpc) is 2.67. The van der Waals surface area contributed by atoms with Crippen molar-refractivity contribution in [3.05, 3.63) is 74.3 Å². The van der Waals surface area contributed by atoms with E-state index in [-0.39, 0.29) is 11.7 Å². The molecule has 0 fully saturated rings. The molecule has 0 aromatic heterocycles. The summed E-state index contributed by atoms with van der Waals surface area (Å²) in [6, 6.07) is 11.3. The summed E-state index contributed by atoms with van der Waals surface area (Å²) >= 11 is 0. The molecule has 0 aliphatic heterocycles. The van der Waals surface area contributed by atoms with Gasteiger partial charge in [0.05, 0.1) is 21.5 Å². The SMILES string of the molecule is CN(C)C(=NN(C)c1ccc([N+](=O)[O-])cc1[N+](=O)[O-])OC(=O)c1ccccc1. The summed E-state index contributed by atoms with van der Waals surface area (Å²) in [4.78, 5) is 34.3. The normalized spacial score (nSPS) is 10.9. The molecule has 11 nitrogen and oxygen atoms in total. The van der Waals surface area contributed by atoms with Gasteiger partial charge in [0.2, 0.25) is 0 Å². The molecule has 11 heteroatoms. The topological polar surface area (TPSA) is 131 Å². The van der Waals surface area contributed by atoms with Crippen molar-refractivity contribution in [3.8, 4) is 0 Å². The van der Waals surface area contributed by atoms with Crippen LogP contribution in [0, 0.1) is 20.2 Å². The minimum absolute atomic E-state index is 0.00860. The van der Waals surface area contributed by atoms with Crippen molar-refractivity contribution in [2.75, 3.05) is 26.2 Å². The third-order valence-electron chi connectivity index (χ3n) is 3.53. The van der Waals surface area contributed by atoms with E-state index >= 15 is 0 Å². The third-order valence-corrected chi connectivity index (χ3v) is 3.53. The van der Waals surface area contributed by atoms with Crippen LogP contribution in [-0.4, -0.2) is 47.9 Å². The molecular weight excluding hydrogens is 370 g/mol. The van der Waals surface area contributed by atoms with Crippen LogP contribution < -0.4 is 5.01 Å². The Balaban J connectivity index is 2.36. The number of anilines is 1. The molecule has 28 heavy (non-hydrogen) atoms. The highest BCUT2D eigenvalue weighted by Gasteiger charge is 2.23. The number of hydrogen-bond acceptors (Lipinski definition) is 8. The number of carbonyl (C=O) groups is 1. The van der Waals surface area contributed by atoms with Gasteiger partial charge >= 0.3 is 17.7 Å². The first-order valence-electron chi connectivity index (χ1n) is 7.90. The summed E-state index contributed by atoms with van der Waals surface area (Å²) in [6.07, 6.45) is 0. The number of nitrogens with zero attached hydrogens (tertiary/aromatic N) is 5. The van der Waals surface area contributed by atoms with Crippen LogP contribution in [0.15, 0.2) is 53.6 Å². The van der Waals surface area contributed by atoms with Crippen LogP contribution in [0.4, 0.5) is 17.1 Å². The minimum atomic E-state index is -0.750. The molecule has 146 valence electrons. The molecule has 0 atom stereocenters. The van der Waals surface area contributed by atoms with Gasteiger partial charge in [0.25, 0.3) is 5.69 Å². The van der Waals surface area contributed by atoms with E-state index in [0.29, 0.717) is 5.56 Å². The first-order valence-corrected chi connectivity index (χ1v) is 7.90. The zero-order chi connectivity index (χ0) is 20.8. The number of nitro benzene ring substituents is 2. The molecule has 0 unspecified atom stereocenters. The summed E-state index contributed by atoms with van der Waals surface area (Å²) in [5, 5.41) is 27.3. The van der Waals surface area contributed by atoms with Crippen LogP contribution in [0.25, 0.3) is 0 Å². The minimum Gasteiger partial charge on any atom is -0.388 e. The van der Waals surface area contributed by atoms with Crippen molar-refractivity contribution in [1.29, 1.82) is 0 Å². The molecule has 0 spiro atoms. The average molecular weight is 387 g/mol. The van der Waals surface area contributed by atoms with E-state index in [1.165, 1.54) is 18.0 Å². The van der Waals surface area contributed by atoms with Crippen molar-refractivity contribution in [2.45, 2.75) is 0 Å². The maximum Gasteiger partial charge on any atom is 0.345 e. The number of nitro groups is 2. The van der Waals surface area contributed by atoms with Crippen LogP contribution in [0.1, 0.15) is 10.4 Å². The third kappa shape index (κ3) is 4.78. The highest BCUT2D eigenvalue weighted by Crippen LogP contribution is 2.31. The molecule has 2 aromatic carbocycles. The number of hydrazone groups is 1. The van der Waals surface area contributed by atoms with Gasteiger partial charge in [0.15, 0.2) is 0 Å². The van der Waals surface area contributed by atoms with Crippen LogP contribution in [0.3, 0.4) is 0 Å². The Bertz CT molecular complexity index is 929. The molecule has 0 saturated carbocycles. The fraction of sp³-hybridized carbons (Fsp3) is 0.176. The number of benzene rings is 2. The number of ether oxygens (including phenoxy) is 1. The zero-order valence-corrected chi connectivity index (χ0v) is 15.3. The molecule has 2 rings (SSSR count). The van der Waals surface area contributed by atoms with E-state index in [0.717, 1.165) is 17.1 Å². The Morgan fingerprint density at radius 2 is 1.64 bits per heavy atom. The van der Waals surface area contributed by atoms with Gasteiger partial charge in [-0.1, -0.05) is 18.2 Å². The number of hydrogen-bond donors (Lipinski definition) is 0. The number of non-ortho nitro benzene ring substituents is 1. The summed E-state index contributed by atoms with van der Waals surface area (Å²) in [6.45, 7) is 0. The Morgan fingerprint density at radius 3 is 2.18 bits per heavy atom. The van der Waals surface area contributed by atoms with E-state index < -0.39 is 27.2 Å². The van der Waals surface area contributed by atoms with Gasteiger partial charge in [0, 0.05) is 27.2 Å². The molecule has 0 amide bonds. The van der Waals surface area contributed by atoms with Crippen LogP contribution >= 0.6 is 0 Å². The number of amidine groups is 1. The Morgan fingerprint density at radius 1 is 1.00 bits per heavy atom. The quantitative estimate of drug-likeness (QED) is 0.251. The summed E-state index contributed by atoms with van der Waals surface area (Å²) in [5.41, 5.74) is -0.629. The number of esters is 1. The molecule has 0 aliphatic carbocycles. The van der Waals surface area contributed by atoms with E-state index in [1.54, 1.807) is 44.4 Å². The van der Waals surface area contributed by atoms with Crippen molar-refractivity contribution in [3.63, 3.8) is 0 Å². The van der Waals surface area contributed by atoms with Crippen molar-refractivity contribution in [2.24, 2.45) is 5.10 Å². The highest BCUT2D eigenvalue weighted by atomic mass is 16.6. The van der Waals surface area contributed by atoms with E-state index in [2.05, 4.69) is 5.10 Å². The van der Waals surface area contributed by atoms with Gasteiger partial charge in [-0.25, -0.2) is 4.79 Å². The molecule has 0 saturated heterocycles. The second-order valence-corrected chi connectivity index (χ2v) is 5.74. The lowest BCUT2D eigenvalue weighted by atomic mass is 10.2. The maximum atomic E-state index is 12.2. The van der Waals surface area contributed by atoms with E-state index in [4.69, 9.17) is 4.74 Å². The predicted octanol–water partition coefficient (Wildman–Crippen LogP) is 2.63. The van der Waals surface area contributed by atoms with E-state index in [1.807, 2.05) is 0 Å². The lowest BCUT2D eigenvalue weighted by Gasteiger charge is -2.19. The van der Waals surface area contributed by atoms with Gasteiger partial charge in [-0.15, -0.1) is 5.10 Å². The summed E-state index contributed by atoms with van der Waals surface area (Å²) < 4.78 is 5.27. The molecule has 0 radical (unpaired) electrons. The summed E-state index contributed by atoms with van der Waals surface area (Å²) in [5.74, 6) is -0.653. The maximum absolute atomic E-state index is 12.2. The smallest absolute Gasteiger partial charge is 0.345 e. The molecule has 2 aromatic rings. The Labute approximate surface area is 159 Å². The number of rotatable bonds is 5. The standard InChI is InChI=1S/C17H17N5O6/c1-19(2)17(28-16(23)12-7-5-4-6-8-12)18-20(3)14-10-9-13(21(24)25)11-15(14)22(26)27/h4-11H,1-3H3. The molecule has 0 heterocycles. The summed E-state index contributed by atoms with van der Waals surface area (Å²) in [7, 11) is 4.55. The molecule has 0 aliphatic rings. The van der Waals surface area contributed by atoms with Crippen LogP contribution in [0.2, 0.25) is 0 Å². The molecular formula is C17H17N5O6. The lowest BCUT2D eigenvalue weighted by molar-refractivity contribution is -0.393. The van der Waals surface area contributed by atoms with Crippen molar-refractivity contribution in [1.82, 2.24) is 4.90 Å². The monoisotopic (exact) mass is 387 g/mol. The molecule has 0 N–H and O–H groups in total. The second-order valence-electron chi connectivity index (χ2n) is 5.74. The van der Waals surface area contributed by atoms with Gasteiger partial charge < -0.3 is 9.64 Å². The van der Waals surface area contributed by atoms with Gasteiger partial charge in [-0.3, -0.25) is 25.2 Å². The predicted molar refractivity (Wildman–Crippen MR) is 101 cm³/mol. The Hall–Kier alpha value is -4.02. The lowest BCUT2D eigenvalue weighted by Crippen LogP contribution is -2.30. The van der Waals surface area contributed by atoms with Crippen molar-refractivity contribution >= 4 is 29.1 Å². The van der Waals surface area contributed by atoms with Gasteiger partial charge in [-0.05, 0) is 18.2 Å². The molecule has 0 bridgehead atoms. The highest BCUT2D eigenvalue weighted by molar-refractivity contribution is 5.97. The van der Waals surface area contributed by atoms with Crippen LogP contribution in [0.5, 0.6) is 0 Å². The van der Waals surface area contributed by atoms with Crippen LogP contribution in [-0.2, 0) is 4.74 Å². The fourth-order valence-electron chi connectivity index (χ4n) is 2.14. The first-order chi connectivity index (χ1) is 13.2. The first kappa shape index (κ1) is 20.3. The number of carbonyl (C=O) groups excluding carboxylic acids is 1. The largest absolute Gasteiger partial charge is 0.388 e. The van der Waals surface area contributed by atoms with Crippen molar-refractivity contribution < 1.29 is 19.4 Å².